The lowest BCUT2D eigenvalue weighted by Gasteiger charge is -2.26. The highest BCUT2D eigenvalue weighted by Crippen LogP contribution is 2.34. The maximum Gasteiger partial charge on any atom is 0.307 e. The molecule has 0 heterocycles. The molecule has 0 saturated heterocycles. The number of hydrogen-bond acceptors (Lipinski definition) is 2. The Morgan fingerprint density at radius 2 is 1.85 bits per heavy atom. The molecule has 1 saturated carbocycles. The van der Waals surface area contributed by atoms with E-state index in [1.54, 1.807) is 12.1 Å². The number of aliphatic carboxylic acids is 1. The number of carboxylic acid groups (broad SMARTS) is 1. The molecule has 4 nitrogen and oxygen atoms in total. The molecule has 0 radical (unpaired) electrons. The Hall–Kier alpha value is -1.91. The number of carboxylic acids is 1. The molecular formula is C15H18FNO3. The molecule has 1 N–H and O–H groups in total. The number of carbonyl (C=O) groups is 2. The summed E-state index contributed by atoms with van der Waals surface area (Å²) < 4.78 is 12.9. The first-order valence-corrected chi connectivity index (χ1v) is 6.84. The molecule has 5 heteroatoms. The summed E-state index contributed by atoms with van der Waals surface area (Å²) in [5.74, 6) is -2.52. The van der Waals surface area contributed by atoms with Crippen molar-refractivity contribution in [3.8, 4) is 0 Å². The Balaban J connectivity index is 2.21. The summed E-state index contributed by atoms with van der Waals surface area (Å²) in [7, 11) is 0. The van der Waals surface area contributed by atoms with Crippen LogP contribution in [0.3, 0.4) is 0 Å². The molecule has 2 atom stereocenters. The number of rotatable bonds is 4. The van der Waals surface area contributed by atoms with Crippen molar-refractivity contribution in [1.29, 1.82) is 0 Å². The largest absolute Gasteiger partial charge is 0.481 e. The van der Waals surface area contributed by atoms with E-state index in [4.69, 9.17) is 0 Å². The van der Waals surface area contributed by atoms with Gasteiger partial charge in [-0.25, -0.2) is 4.39 Å². The Morgan fingerprint density at radius 1 is 1.25 bits per heavy atom. The minimum Gasteiger partial charge on any atom is -0.481 e. The number of benzene rings is 1. The molecule has 0 bridgehead atoms. The van der Waals surface area contributed by atoms with Gasteiger partial charge in [-0.15, -0.1) is 0 Å². The van der Waals surface area contributed by atoms with Crippen molar-refractivity contribution >= 4 is 17.6 Å². The van der Waals surface area contributed by atoms with Crippen LogP contribution >= 0.6 is 0 Å². The van der Waals surface area contributed by atoms with Crippen molar-refractivity contribution in [3.63, 3.8) is 0 Å². The predicted molar refractivity (Wildman–Crippen MR) is 72.9 cm³/mol. The summed E-state index contributed by atoms with van der Waals surface area (Å²) in [6.45, 7) is 2.26. The van der Waals surface area contributed by atoms with Crippen molar-refractivity contribution in [1.82, 2.24) is 0 Å². The second-order valence-electron chi connectivity index (χ2n) is 5.04. The molecule has 0 spiro atoms. The van der Waals surface area contributed by atoms with Gasteiger partial charge in [-0.2, -0.15) is 0 Å². The number of nitrogens with zero attached hydrogens (tertiary/aromatic N) is 1. The van der Waals surface area contributed by atoms with Crippen LogP contribution in [0.4, 0.5) is 10.1 Å². The fourth-order valence-corrected chi connectivity index (χ4v) is 2.84. The van der Waals surface area contributed by atoms with Crippen LogP contribution in [-0.4, -0.2) is 23.5 Å². The zero-order chi connectivity index (χ0) is 14.7. The summed E-state index contributed by atoms with van der Waals surface area (Å²) in [4.78, 5) is 25.3. The van der Waals surface area contributed by atoms with E-state index in [2.05, 4.69) is 0 Å². The van der Waals surface area contributed by atoms with E-state index in [9.17, 15) is 19.1 Å². The van der Waals surface area contributed by atoms with Crippen LogP contribution in [0.25, 0.3) is 0 Å². The topological polar surface area (TPSA) is 57.6 Å². The lowest BCUT2D eigenvalue weighted by molar-refractivity contribution is -0.145. The zero-order valence-electron chi connectivity index (χ0n) is 11.4. The fourth-order valence-electron chi connectivity index (χ4n) is 2.84. The number of anilines is 1. The molecule has 2 rings (SSSR count). The maximum atomic E-state index is 12.9. The van der Waals surface area contributed by atoms with Crippen LogP contribution in [-0.2, 0) is 9.59 Å². The van der Waals surface area contributed by atoms with Gasteiger partial charge < -0.3 is 10.0 Å². The summed E-state index contributed by atoms with van der Waals surface area (Å²) in [6, 6.07) is 5.69. The SMILES string of the molecule is CCN(C(=O)[C@@H]1CCC[C@@H]1C(=O)O)c1ccc(F)cc1. The van der Waals surface area contributed by atoms with Gasteiger partial charge in [0, 0.05) is 12.2 Å². The van der Waals surface area contributed by atoms with Crippen LogP contribution in [0.1, 0.15) is 26.2 Å². The molecule has 1 aliphatic carbocycles. The highest BCUT2D eigenvalue weighted by atomic mass is 19.1. The standard InChI is InChI=1S/C15H18FNO3/c1-2-17(11-8-6-10(16)7-9-11)14(18)12-4-3-5-13(12)15(19)20/h6-9,12-13H,2-5H2,1H3,(H,19,20)/t12-,13+/m1/s1. The normalized spacial score (nSPS) is 21.7. The molecule has 1 aromatic carbocycles. The van der Waals surface area contributed by atoms with Gasteiger partial charge >= 0.3 is 5.97 Å². The third-order valence-electron chi connectivity index (χ3n) is 3.87. The first-order valence-electron chi connectivity index (χ1n) is 6.84. The third kappa shape index (κ3) is 2.81. The smallest absolute Gasteiger partial charge is 0.307 e. The molecule has 0 unspecified atom stereocenters. The van der Waals surface area contributed by atoms with Gasteiger partial charge in [-0.3, -0.25) is 9.59 Å². The second kappa shape index (κ2) is 6.03. The van der Waals surface area contributed by atoms with Crippen molar-refractivity contribution in [3.05, 3.63) is 30.1 Å². The lowest BCUT2D eigenvalue weighted by atomic mass is 9.94. The van der Waals surface area contributed by atoms with Crippen LogP contribution in [0.2, 0.25) is 0 Å². The number of halogens is 1. The van der Waals surface area contributed by atoms with Gasteiger partial charge in [0.15, 0.2) is 0 Å². The molecule has 20 heavy (non-hydrogen) atoms. The van der Waals surface area contributed by atoms with Gasteiger partial charge in [0.2, 0.25) is 5.91 Å². The Morgan fingerprint density at radius 3 is 2.40 bits per heavy atom. The van der Waals surface area contributed by atoms with Gasteiger partial charge in [0.25, 0.3) is 0 Å². The quantitative estimate of drug-likeness (QED) is 0.921. The van der Waals surface area contributed by atoms with Crippen molar-refractivity contribution < 1.29 is 19.1 Å². The van der Waals surface area contributed by atoms with Gasteiger partial charge in [-0.1, -0.05) is 6.42 Å². The van der Waals surface area contributed by atoms with E-state index in [1.165, 1.54) is 17.0 Å². The van der Waals surface area contributed by atoms with Gasteiger partial charge in [-0.05, 0) is 44.0 Å². The van der Waals surface area contributed by atoms with Crippen LogP contribution in [0.15, 0.2) is 24.3 Å². The van der Waals surface area contributed by atoms with Crippen LogP contribution in [0, 0.1) is 17.7 Å². The highest BCUT2D eigenvalue weighted by Gasteiger charge is 2.39. The maximum absolute atomic E-state index is 12.9. The summed E-state index contributed by atoms with van der Waals surface area (Å²) in [5, 5.41) is 9.17. The van der Waals surface area contributed by atoms with E-state index < -0.39 is 17.8 Å². The molecule has 1 aliphatic rings. The van der Waals surface area contributed by atoms with E-state index in [-0.39, 0.29) is 11.7 Å². The molecule has 1 aromatic rings. The van der Waals surface area contributed by atoms with Gasteiger partial charge in [0.1, 0.15) is 5.82 Å². The Bertz CT molecular complexity index is 500. The number of amides is 1. The van der Waals surface area contributed by atoms with E-state index >= 15 is 0 Å². The Kier molecular flexibility index (Phi) is 4.37. The molecule has 1 amide bonds. The Labute approximate surface area is 117 Å². The minimum atomic E-state index is -0.906. The number of carbonyl (C=O) groups excluding carboxylic acids is 1. The van der Waals surface area contributed by atoms with Crippen molar-refractivity contribution in [2.45, 2.75) is 26.2 Å². The average molecular weight is 279 g/mol. The first kappa shape index (κ1) is 14.5. The summed E-state index contributed by atoms with van der Waals surface area (Å²) >= 11 is 0. The molecule has 0 aliphatic heterocycles. The minimum absolute atomic E-state index is 0.177. The monoisotopic (exact) mass is 279 g/mol. The first-order chi connectivity index (χ1) is 9.54. The van der Waals surface area contributed by atoms with Crippen molar-refractivity contribution in [2.75, 3.05) is 11.4 Å². The third-order valence-corrected chi connectivity index (χ3v) is 3.87. The van der Waals surface area contributed by atoms with Crippen LogP contribution < -0.4 is 4.90 Å². The average Bonchev–Trinajstić information content (AvgIpc) is 2.91. The van der Waals surface area contributed by atoms with E-state index in [0.717, 1.165) is 6.42 Å². The van der Waals surface area contributed by atoms with E-state index in [0.29, 0.717) is 25.1 Å². The fraction of sp³-hybridized carbons (Fsp3) is 0.467. The molecule has 0 aromatic heterocycles. The summed E-state index contributed by atoms with van der Waals surface area (Å²) in [5.41, 5.74) is 0.606. The van der Waals surface area contributed by atoms with Crippen LogP contribution in [0.5, 0.6) is 0 Å². The predicted octanol–water partition coefficient (Wildman–Crippen LogP) is 2.68. The molecule has 1 fully saturated rings. The highest BCUT2D eigenvalue weighted by molar-refractivity contribution is 5.97. The second-order valence-corrected chi connectivity index (χ2v) is 5.04. The molecule has 108 valence electrons. The zero-order valence-corrected chi connectivity index (χ0v) is 11.4. The lowest BCUT2D eigenvalue weighted by Crippen LogP contribution is -2.39. The van der Waals surface area contributed by atoms with E-state index in [1.807, 2.05) is 6.92 Å². The molecular weight excluding hydrogens is 261 g/mol. The number of hydrogen-bond donors (Lipinski definition) is 1. The summed E-state index contributed by atoms with van der Waals surface area (Å²) in [6.07, 6.45) is 1.91. The van der Waals surface area contributed by atoms with Gasteiger partial charge in [0.05, 0.1) is 11.8 Å². The van der Waals surface area contributed by atoms with Crippen molar-refractivity contribution in [2.24, 2.45) is 11.8 Å².